The van der Waals surface area contributed by atoms with Crippen molar-refractivity contribution in [3.8, 4) is 6.19 Å². The van der Waals surface area contributed by atoms with E-state index in [9.17, 15) is 18.5 Å². The molecule has 0 spiro atoms. The van der Waals surface area contributed by atoms with Gasteiger partial charge in [0.25, 0.3) is 0 Å². The first-order valence-corrected chi connectivity index (χ1v) is 11.5. The van der Waals surface area contributed by atoms with Crippen LogP contribution in [0.25, 0.3) is 0 Å². The van der Waals surface area contributed by atoms with Crippen LogP contribution in [0.2, 0.25) is 0 Å². The van der Waals surface area contributed by atoms with E-state index in [1.807, 2.05) is 0 Å². The Morgan fingerprint density at radius 1 is 1.39 bits per heavy atom. The average molecular weight is 539 g/mol. The van der Waals surface area contributed by atoms with E-state index in [0.29, 0.717) is 28.5 Å². The Kier molecular flexibility index (Phi) is 8.51. The van der Waals surface area contributed by atoms with E-state index in [4.69, 9.17) is 4.74 Å². The van der Waals surface area contributed by atoms with E-state index in [1.54, 1.807) is 12.1 Å². The summed E-state index contributed by atoms with van der Waals surface area (Å²) < 4.78 is 34.0. The van der Waals surface area contributed by atoms with Crippen LogP contribution < -0.4 is 15.4 Å². The van der Waals surface area contributed by atoms with E-state index in [0.717, 1.165) is 0 Å². The first kappa shape index (κ1) is 22.9. The van der Waals surface area contributed by atoms with Gasteiger partial charge in [-0.1, -0.05) is 15.9 Å². The third-order valence-electron chi connectivity index (χ3n) is 4.14. The highest BCUT2D eigenvalue weighted by Gasteiger charge is 2.34. The Morgan fingerprint density at radius 2 is 2.14 bits per heavy atom. The number of nitrogens with one attached hydrogen (secondary N) is 3. The quantitative estimate of drug-likeness (QED) is 0.339. The van der Waals surface area contributed by atoms with Gasteiger partial charge in [0.2, 0.25) is 10.0 Å². The van der Waals surface area contributed by atoms with E-state index >= 15 is 0 Å². The zero-order valence-corrected chi connectivity index (χ0v) is 19.1. The fraction of sp³-hybridized carbons (Fsp3) is 0.500. The SMILES string of the molecule is COCCNC(=O)NCC1CC(NS(=O)(=O)c2cc(Br)ccc2Br)CN1C#N. The standard InChI is InChI=1S/C16H21Br2N5O4S/c1-27-5-4-20-16(24)21-8-13-7-12(9-23(13)10-19)22-28(25,26)15-6-11(17)2-3-14(15)18/h2-3,6,12-13,22H,4-5,7-9H2,1H3,(H2,20,21,24). The molecule has 0 bridgehead atoms. The van der Waals surface area contributed by atoms with Crippen molar-refractivity contribution in [2.75, 3.05) is 33.4 Å². The average Bonchev–Trinajstić information content (AvgIpc) is 3.03. The summed E-state index contributed by atoms with van der Waals surface area (Å²) in [5.74, 6) is 0. The molecule has 154 valence electrons. The molecule has 1 aromatic carbocycles. The second kappa shape index (κ2) is 10.4. The second-order valence-corrected chi connectivity index (χ2v) is 9.62. The van der Waals surface area contributed by atoms with E-state index in [1.165, 1.54) is 18.1 Å². The van der Waals surface area contributed by atoms with Gasteiger partial charge in [-0.15, -0.1) is 0 Å². The molecule has 3 N–H and O–H groups in total. The van der Waals surface area contributed by atoms with Crippen molar-refractivity contribution in [3.05, 3.63) is 27.1 Å². The third kappa shape index (κ3) is 6.31. The number of carbonyl (C=O) groups is 1. The van der Waals surface area contributed by atoms with Crippen molar-refractivity contribution in [1.82, 2.24) is 20.3 Å². The normalized spacial score (nSPS) is 19.3. The Balaban J connectivity index is 1.96. The molecule has 2 rings (SSSR count). The zero-order valence-electron chi connectivity index (χ0n) is 15.1. The topological polar surface area (TPSA) is 124 Å². The molecule has 2 unspecified atom stereocenters. The molecule has 1 saturated heterocycles. The van der Waals surface area contributed by atoms with Crippen LogP contribution in [0.15, 0.2) is 32.0 Å². The maximum Gasteiger partial charge on any atom is 0.314 e. The number of nitrogens with zero attached hydrogens (tertiary/aromatic N) is 2. The minimum absolute atomic E-state index is 0.115. The van der Waals surface area contributed by atoms with Gasteiger partial charge in [0.05, 0.1) is 17.5 Å². The van der Waals surface area contributed by atoms with Gasteiger partial charge in [0.1, 0.15) is 0 Å². The lowest BCUT2D eigenvalue weighted by molar-refractivity contribution is 0.195. The van der Waals surface area contributed by atoms with Gasteiger partial charge in [-0.05, 0) is 40.5 Å². The van der Waals surface area contributed by atoms with Gasteiger partial charge in [0.15, 0.2) is 6.19 Å². The largest absolute Gasteiger partial charge is 0.383 e. The Hall–Kier alpha value is -1.39. The molecule has 12 heteroatoms. The van der Waals surface area contributed by atoms with Gasteiger partial charge in [0, 0.05) is 41.7 Å². The number of methoxy groups -OCH3 is 1. The van der Waals surface area contributed by atoms with Crippen LogP contribution in [-0.2, 0) is 14.8 Å². The molecule has 2 amide bonds. The predicted molar refractivity (Wildman–Crippen MR) is 110 cm³/mol. The highest BCUT2D eigenvalue weighted by atomic mass is 79.9. The van der Waals surface area contributed by atoms with Crippen molar-refractivity contribution in [1.29, 1.82) is 5.26 Å². The number of hydrogen-bond donors (Lipinski definition) is 3. The summed E-state index contributed by atoms with van der Waals surface area (Å²) in [6, 6.07) is 3.78. The van der Waals surface area contributed by atoms with Gasteiger partial charge in [-0.2, -0.15) is 5.26 Å². The van der Waals surface area contributed by atoms with Crippen LogP contribution >= 0.6 is 31.9 Å². The second-order valence-electron chi connectivity index (χ2n) is 6.16. The van der Waals surface area contributed by atoms with Gasteiger partial charge < -0.3 is 20.3 Å². The molecule has 28 heavy (non-hydrogen) atoms. The Labute approximate surface area is 181 Å². The number of likely N-dealkylation sites (tertiary alicyclic amines) is 1. The lowest BCUT2D eigenvalue weighted by Gasteiger charge is -2.18. The highest BCUT2D eigenvalue weighted by Crippen LogP contribution is 2.27. The minimum Gasteiger partial charge on any atom is -0.383 e. The number of halogens is 2. The summed E-state index contributed by atoms with van der Waals surface area (Å²) in [4.78, 5) is 13.3. The third-order valence-corrected chi connectivity index (χ3v) is 7.15. The van der Waals surface area contributed by atoms with E-state index in [2.05, 4.69) is 53.4 Å². The molecule has 1 heterocycles. The fourth-order valence-corrected chi connectivity index (χ4v) is 5.57. The molecule has 2 atom stereocenters. The molecule has 1 fully saturated rings. The highest BCUT2D eigenvalue weighted by molar-refractivity contribution is 9.11. The minimum atomic E-state index is -3.77. The molecular formula is C16H21Br2N5O4S. The van der Waals surface area contributed by atoms with Gasteiger partial charge >= 0.3 is 6.03 Å². The summed E-state index contributed by atoms with van der Waals surface area (Å²) in [5.41, 5.74) is 0. The molecule has 1 aliphatic heterocycles. The monoisotopic (exact) mass is 537 g/mol. The van der Waals surface area contributed by atoms with Crippen molar-refractivity contribution >= 4 is 47.9 Å². The number of benzene rings is 1. The molecule has 1 aromatic rings. The van der Waals surface area contributed by atoms with Crippen molar-refractivity contribution in [2.45, 2.75) is 23.4 Å². The van der Waals surface area contributed by atoms with Gasteiger partial charge in [-0.3, -0.25) is 0 Å². The number of ether oxygens (including phenoxy) is 1. The van der Waals surface area contributed by atoms with Crippen LogP contribution in [0.5, 0.6) is 0 Å². The summed E-state index contributed by atoms with van der Waals surface area (Å²) in [7, 11) is -2.24. The first-order valence-electron chi connectivity index (χ1n) is 8.41. The fourth-order valence-electron chi connectivity index (χ4n) is 2.82. The summed E-state index contributed by atoms with van der Waals surface area (Å²) in [6.07, 6.45) is 2.46. The first-order chi connectivity index (χ1) is 13.3. The van der Waals surface area contributed by atoms with E-state index < -0.39 is 16.1 Å². The van der Waals surface area contributed by atoms with Crippen molar-refractivity contribution in [3.63, 3.8) is 0 Å². The van der Waals surface area contributed by atoms with Crippen molar-refractivity contribution < 1.29 is 17.9 Å². The molecule has 0 aromatic heterocycles. The van der Waals surface area contributed by atoms with Gasteiger partial charge in [-0.25, -0.2) is 17.9 Å². The number of urea groups is 1. The number of amides is 2. The maximum absolute atomic E-state index is 12.7. The van der Waals surface area contributed by atoms with Crippen LogP contribution in [-0.4, -0.2) is 64.8 Å². The van der Waals surface area contributed by atoms with Crippen LogP contribution in [0.3, 0.4) is 0 Å². The summed E-state index contributed by atoms with van der Waals surface area (Å²) in [6.45, 7) is 1.24. The number of hydrogen-bond acceptors (Lipinski definition) is 6. The molecule has 0 saturated carbocycles. The number of rotatable bonds is 8. The molecule has 0 aliphatic carbocycles. The zero-order chi connectivity index (χ0) is 20.7. The molecule has 9 nitrogen and oxygen atoms in total. The lowest BCUT2D eigenvalue weighted by atomic mass is 10.2. The predicted octanol–water partition coefficient (Wildman–Crippen LogP) is 1.36. The Morgan fingerprint density at radius 3 is 2.82 bits per heavy atom. The van der Waals surface area contributed by atoms with Crippen LogP contribution in [0.4, 0.5) is 4.79 Å². The maximum atomic E-state index is 12.7. The molecule has 1 aliphatic rings. The van der Waals surface area contributed by atoms with Crippen LogP contribution in [0, 0.1) is 11.5 Å². The summed E-state index contributed by atoms with van der Waals surface area (Å²) >= 11 is 6.52. The van der Waals surface area contributed by atoms with Crippen molar-refractivity contribution in [2.24, 2.45) is 0 Å². The van der Waals surface area contributed by atoms with Crippen LogP contribution in [0.1, 0.15) is 6.42 Å². The molecular weight excluding hydrogens is 518 g/mol. The number of carbonyl (C=O) groups excluding carboxylic acids is 1. The number of nitriles is 1. The molecule has 0 radical (unpaired) electrons. The lowest BCUT2D eigenvalue weighted by Crippen LogP contribution is -2.43. The Bertz CT molecular complexity index is 846. The summed E-state index contributed by atoms with van der Waals surface area (Å²) in [5, 5.41) is 14.6. The van der Waals surface area contributed by atoms with E-state index in [-0.39, 0.29) is 30.1 Å². The number of sulfonamides is 1. The smallest absolute Gasteiger partial charge is 0.314 e.